The minimum Gasteiger partial charge on any atom is -0.328 e. The first-order chi connectivity index (χ1) is 8.33. The quantitative estimate of drug-likeness (QED) is 0.834. The number of hydrogen-bond acceptors (Lipinski definition) is 3. The second-order valence-corrected chi connectivity index (χ2v) is 5.26. The smallest absolute Gasteiger partial charge is 0.101 e. The largest absolute Gasteiger partial charge is 0.328 e. The van der Waals surface area contributed by atoms with Crippen LogP contribution in [0, 0.1) is 0 Å². The van der Waals surface area contributed by atoms with Crippen LogP contribution < -0.4 is 11.1 Å². The molecule has 1 atom stereocenters. The van der Waals surface area contributed by atoms with Gasteiger partial charge in [-0.05, 0) is 38.5 Å². The highest BCUT2D eigenvalue weighted by Crippen LogP contribution is 2.28. The number of aromatic nitrogens is 3. The predicted octanol–water partition coefficient (Wildman–Crippen LogP) is 1.16. The van der Waals surface area contributed by atoms with Gasteiger partial charge in [0.2, 0.25) is 0 Å². The van der Waals surface area contributed by atoms with Crippen LogP contribution in [0.3, 0.4) is 0 Å². The van der Waals surface area contributed by atoms with Crippen molar-refractivity contribution in [3.63, 3.8) is 0 Å². The van der Waals surface area contributed by atoms with Crippen LogP contribution in [-0.4, -0.2) is 27.6 Å². The molecule has 1 radical (unpaired) electrons. The van der Waals surface area contributed by atoms with Crippen LogP contribution in [0.4, 0.5) is 0 Å². The van der Waals surface area contributed by atoms with Gasteiger partial charge in [-0.1, -0.05) is 5.21 Å². The van der Waals surface area contributed by atoms with Crippen molar-refractivity contribution in [3.8, 4) is 0 Å². The van der Waals surface area contributed by atoms with Gasteiger partial charge in [-0.2, -0.15) is 0 Å². The molecule has 2 heterocycles. The van der Waals surface area contributed by atoms with E-state index in [1.807, 2.05) is 4.68 Å². The van der Waals surface area contributed by atoms with Gasteiger partial charge in [-0.3, -0.25) is 0 Å². The van der Waals surface area contributed by atoms with Crippen LogP contribution in [-0.2, 0) is 0 Å². The molecule has 0 spiro atoms. The van der Waals surface area contributed by atoms with E-state index < -0.39 is 0 Å². The minimum absolute atomic E-state index is 0.301. The van der Waals surface area contributed by atoms with E-state index >= 15 is 0 Å². The summed E-state index contributed by atoms with van der Waals surface area (Å²) in [5.41, 5.74) is 6.97. The van der Waals surface area contributed by atoms with Crippen molar-refractivity contribution < 1.29 is 0 Å². The van der Waals surface area contributed by atoms with Gasteiger partial charge < -0.3 is 5.73 Å². The lowest BCUT2D eigenvalue weighted by Crippen LogP contribution is -2.28. The summed E-state index contributed by atoms with van der Waals surface area (Å²) >= 11 is 0. The monoisotopic (exact) mass is 234 g/mol. The maximum atomic E-state index is 5.92. The molecule has 1 aromatic rings. The van der Waals surface area contributed by atoms with Crippen LogP contribution in [0.2, 0.25) is 0 Å². The second-order valence-electron chi connectivity index (χ2n) is 5.26. The maximum Gasteiger partial charge on any atom is 0.101 e. The molecule has 5 heteroatoms. The highest BCUT2D eigenvalue weighted by atomic mass is 15.4. The van der Waals surface area contributed by atoms with Gasteiger partial charge in [0.25, 0.3) is 0 Å². The normalized spacial score (nSPS) is 34.1. The second kappa shape index (κ2) is 4.74. The van der Waals surface area contributed by atoms with E-state index in [1.54, 1.807) is 0 Å². The summed E-state index contributed by atoms with van der Waals surface area (Å²) in [6.07, 6.45) is 8.89. The molecule has 1 saturated heterocycles. The number of nitrogens with zero attached hydrogens (tertiary/aromatic N) is 4. The lowest BCUT2D eigenvalue weighted by molar-refractivity contribution is 0.300. The standard InChI is InChI=1S/C12H20N5/c13-9-3-5-10(6-4-9)17-8-12(15-16-17)11-2-1-7-14-11/h8-11H,1-7,13H2/t9-,10+,11?. The Morgan fingerprint density at radius 2 is 2.00 bits per heavy atom. The van der Waals surface area contributed by atoms with E-state index in [1.165, 1.54) is 6.42 Å². The maximum absolute atomic E-state index is 5.92. The van der Waals surface area contributed by atoms with Crippen molar-refractivity contribution in [2.45, 2.75) is 56.7 Å². The van der Waals surface area contributed by atoms with E-state index in [-0.39, 0.29) is 0 Å². The molecule has 1 unspecified atom stereocenters. The van der Waals surface area contributed by atoms with E-state index in [0.717, 1.165) is 44.3 Å². The third-order valence-electron chi connectivity index (χ3n) is 3.97. The van der Waals surface area contributed by atoms with Gasteiger partial charge in [0.05, 0.1) is 18.3 Å². The number of rotatable bonds is 2. The van der Waals surface area contributed by atoms with Gasteiger partial charge in [0, 0.05) is 12.6 Å². The summed E-state index contributed by atoms with van der Waals surface area (Å²) in [6.45, 7) is 0.982. The minimum atomic E-state index is 0.301. The summed E-state index contributed by atoms with van der Waals surface area (Å²) in [7, 11) is 0. The molecule has 0 bridgehead atoms. The summed E-state index contributed by atoms with van der Waals surface area (Å²) < 4.78 is 2.04. The van der Waals surface area contributed by atoms with Gasteiger partial charge in [-0.15, -0.1) is 5.10 Å². The van der Waals surface area contributed by atoms with Gasteiger partial charge in [0.1, 0.15) is 5.69 Å². The Bertz CT molecular complexity index is 361. The van der Waals surface area contributed by atoms with Crippen LogP contribution >= 0.6 is 0 Å². The summed E-state index contributed by atoms with van der Waals surface area (Å²) in [5.74, 6) is 0. The fourth-order valence-corrected chi connectivity index (χ4v) is 2.85. The Labute approximate surface area is 102 Å². The molecule has 2 aliphatic rings. The molecule has 0 amide bonds. The Morgan fingerprint density at radius 1 is 1.18 bits per heavy atom. The highest BCUT2D eigenvalue weighted by Gasteiger charge is 2.24. The molecule has 93 valence electrons. The van der Waals surface area contributed by atoms with Crippen molar-refractivity contribution in [2.75, 3.05) is 6.54 Å². The third kappa shape index (κ3) is 2.35. The molecule has 2 fully saturated rings. The molecule has 1 aromatic heterocycles. The summed E-state index contributed by atoms with van der Waals surface area (Å²) in [5, 5.41) is 13.1. The molecule has 3 rings (SSSR count). The number of hydrogen-bond donors (Lipinski definition) is 1. The van der Waals surface area contributed by atoms with Crippen molar-refractivity contribution in [2.24, 2.45) is 5.73 Å². The van der Waals surface area contributed by atoms with Gasteiger partial charge in [0.15, 0.2) is 0 Å². The zero-order valence-electron chi connectivity index (χ0n) is 10.1. The fraction of sp³-hybridized carbons (Fsp3) is 0.833. The first-order valence-electron chi connectivity index (χ1n) is 6.67. The van der Waals surface area contributed by atoms with E-state index in [2.05, 4.69) is 21.8 Å². The van der Waals surface area contributed by atoms with Crippen molar-refractivity contribution in [3.05, 3.63) is 11.9 Å². The SMILES string of the molecule is N[C@H]1CC[C@@H](n2cc(C3CCC[N]3)nn2)CC1. The predicted molar refractivity (Wildman–Crippen MR) is 64.5 cm³/mol. The Morgan fingerprint density at radius 3 is 2.71 bits per heavy atom. The zero-order chi connectivity index (χ0) is 11.7. The molecule has 1 saturated carbocycles. The lowest BCUT2D eigenvalue weighted by Gasteiger charge is -2.25. The molecule has 2 N–H and O–H groups in total. The first kappa shape index (κ1) is 11.2. The summed E-state index contributed by atoms with van der Waals surface area (Å²) in [6, 6.07) is 1.19. The molecule has 1 aliphatic heterocycles. The van der Waals surface area contributed by atoms with E-state index in [4.69, 9.17) is 5.73 Å². The van der Waals surface area contributed by atoms with Crippen LogP contribution in [0.1, 0.15) is 56.3 Å². The number of nitrogens with two attached hydrogens (primary N) is 1. The average molecular weight is 234 g/mol. The lowest BCUT2D eigenvalue weighted by atomic mass is 9.92. The van der Waals surface area contributed by atoms with Gasteiger partial charge in [-0.25, -0.2) is 10.00 Å². The average Bonchev–Trinajstić information content (AvgIpc) is 3.00. The van der Waals surface area contributed by atoms with Crippen molar-refractivity contribution in [1.29, 1.82) is 0 Å². The topological polar surface area (TPSA) is 70.8 Å². The van der Waals surface area contributed by atoms with Crippen LogP contribution in [0.5, 0.6) is 0 Å². The summed E-state index contributed by atoms with van der Waals surface area (Å²) in [4.78, 5) is 0. The Kier molecular flexibility index (Phi) is 3.11. The molecule has 17 heavy (non-hydrogen) atoms. The molecule has 5 nitrogen and oxygen atoms in total. The fourth-order valence-electron chi connectivity index (χ4n) is 2.85. The van der Waals surface area contributed by atoms with Gasteiger partial charge >= 0.3 is 0 Å². The van der Waals surface area contributed by atoms with E-state index in [0.29, 0.717) is 18.1 Å². The van der Waals surface area contributed by atoms with Crippen molar-refractivity contribution >= 4 is 0 Å². The van der Waals surface area contributed by atoms with Crippen molar-refractivity contribution in [1.82, 2.24) is 20.3 Å². The molecular weight excluding hydrogens is 214 g/mol. The first-order valence-corrected chi connectivity index (χ1v) is 6.67. The van der Waals surface area contributed by atoms with E-state index in [9.17, 15) is 0 Å². The third-order valence-corrected chi connectivity index (χ3v) is 3.97. The molecule has 1 aliphatic carbocycles. The van der Waals surface area contributed by atoms with Crippen LogP contribution in [0.25, 0.3) is 0 Å². The molecule has 0 aromatic carbocycles. The van der Waals surface area contributed by atoms with Crippen LogP contribution in [0.15, 0.2) is 6.20 Å². The Balaban J connectivity index is 1.67. The zero-order valence-corrected chi connectivity index (χ0v) is 10.1. The Hall–Kier alpha value is -0.940. The highest BCUT2D eigenvalue weighted by molar-refractivity contribution is 5.03. The molecular formula is C12H20N5.